The zero-order valence-electron chi connectivity index (χ0n) is 20.7. The molecule has 184 valence electrons. The molecule has 3 nitrogen and oxygen atoms in total. The number of para-hydroxylation sites is 1. The Morgan fingerprint density at radius 3 is 1.53 bits per heavy atom. The topological polar surface area (TPSA) is 42.6 Å². The first-order chi connectivity index (χ1) is 18.8. The van der Waals surface area contributed by atoms with Gasteiger partial charge in [-0.3, -0.25) is 9.54 Å². The first-order valence-electron chi connectivity index (χ1n) is 12.6. The second-order valence-electron chi connectivity index (χ2n) is 9.09. The number of benzene rings is 5. The van der Waals surface area contributed by atoms with Crippen LogP contribution in [0.15, 0.2) is 166 Å². The predicted octanol–water partition coefficient (Wildman–Crippen LogP) is 7.06. The molecule has 0 aliphatic rings. The van der Waals surface area contributed by atoms with E-state index in [-0.39, 0.29) is 5.43 Å². The first kappa shape index (κ1) is 23.9. The van der Waals surface area contributed by atoms with Gasteiger partial charge in [-0.15, -0.1) is 0 Å². The maximum atomic E-state index is 13.9. The van der Waals surface area contributed by atoms with Crippen molar-refractivity contribution in [2.45, 2.75) is 6.04 Å². The Labute approximate surface area is 222 Å². The number of hydrogen-bond donors (Lipinski definition) is 0. The van der Waals surface area contributed by atoms with Crippen molar-refractivity contribution in [1.82, 2.24) is 0 Å². The van der Waals surface area contributed by atoms with Crippen LogP contribution in [0.25, 0.3) is 11.0 Å². The van der Waals surface area contributed by atoms with Gasteiger partial charge in [-0.05, 0) is 17.7 Å². The van der Waals surface area contributed by atoms with E-state index in [2.05, 4.69) is 72.8 Å². The van der Waals surface area contributed by atoms with Crippen molar-refractivity contribution in [2.75, 3.05) is 0 Å². The van der Waals surface area contributed by atoms with Gasteiger partial charge in [0.2, 0.25) is 0 Å². The molecule has 0 saturated heterocycles. The van der Waals surface area contributed by atoms with Crippen LogP contribution in [-0.2, 0) is 0 Å². The second kappa shape index (κ2) is 10.5. The van der Waals surface area contributed by atoms with E-state index in [4.69, 9.17) is 9.16 Å². The van der Waals surface area contributed by atoms with E-state index in [1.165, 1.54) is 0 Å². The highest BCUT2D eigenvalue weighted by atomic mass is 31.2. The van der Waals surface area contributed by atoms with Crippen LogP contribution < -0.4 is 21.3 Å². The summed E-state index contributed by atoms with van der Waals surface area (Å²) < 4.78 is 11.8. The van der Waals surface area contributed by atoms with Gasteiger partial charge in [0.05, 0.1) is 18.0 Å². The molecule has 0 bridgehead atoms. The molecule has 4 heteroatoms. The second-order valence-corrected chi connectivity index (χ2v) is 12.1. The third-order valence-electron chi connectivity index (χ3n) is 6.79. The lowest BCUT2D eigenvalue weighted by atomic mass is 10.00. The molecule has 0 fully saturated rings. The molecular formula is C34H26NO2P. The van der Waals surface area contributed by atoms with Crippen LogP contribution in [0.2, 0.25) is 0 Å². The first-order valence-corrected chi connectivity index (χ1v) is 14.4. The molecule has 1 aromatic heterocycles. The minimum Gasteiger partial charge on any atom is -0.464 e. The summed E-state index contributed by atoms with van der Waals surface area (Å²) in [5, 5.41) is 3.94. The lowest BCUT2D eigenvalue weighted by molar-refractivity contribution is 0.587. The van der Waals surface area contributed by atoms with Gasteiger partial charge < -0.3 is 4.42 Å². The monoisotopic (exact) mass is 511 g/mol. The lowest BCUT2D eigenvalue weighted by Crippen LogP contribution is -2.26. The van der Waals surface area contributed by atoms with Crippen molar-refractivity contribution >= 4 is 33.9 Å². The summed E-state index contributed by atoms with van der Waals surface area (Å²) >= 11 is 0. The Morgan fingerprint density at radius 1 is 0.553 bits per heavy atom. The van der Waals surface area contributed by atoms with Gasteiger partial charge in [0.25, 0.3) is 0 Å². The number of rotatable bonds is 6. The Morgan fingerprint density at radius 2 is 1.00 bits per heavy atom. The summed E-state index contributed by atoms with van der Waals surface area (Å²) in [6.07, 6.45) is 1.60. The predicted molar refractivity (Wildman–Crippen MR) is 158 cm³/mol. The van der Waals surface area contributed by atoms with Gasteiger partial charge >= 0.3 is 0 Å². The largest absolute Gasteiger partial charge is 0.464 e. The van der Waals surface area contributed by atoms with E-state index >= 15 is 0 Å². The van der Waals surface area contributed by atoms with Gasteiger partial charge in [-0.2, -0.15) is 0 Å². The quantitative estimate of drug-likeness (QED) is 0.225. The standard InChI is InChI=1S/C34H26NO2P/c36-34-30-23-13-14-24-32(30)37-25-31(34)33(26-15-5-1-6-16-26)35-38(27-17-7-2-8-18-27,28-19-9-3-10-20-28)29-21-11-4-12-22-29/h1-25,33H. The van der Waals surface area contributed by atoms with Crippen molar-refractivity contribution in [1.29, 1.82) is 0 Å². The molecule has 1 heterocycles. The van der Waals surface area contributed by atoms with Gasteiger partial charge in [0.1, 0.15) is 17.9 Å². The highest BCUT2D eigenvalue weighted by Gasteiger charge is 2.30. The zero-order valence-corrected chi connectivity index (χ0v) is 21.6. The Kier molecular flexibility index (Phi) is 6.60. The van der Waals surface area contributed by atoms with E-state index in [9.17, 15) is 4.79 Å². The van der Waals surface area contributed by atoms with Gasteiger partial charge in [-0.25, -0.2) is 0 Å². The smallest absolute Gasteiger partial charge is 0.198 e. The summed E-state index contributed by atoms with van der Waals surface area (Å²) in [4.78, 5) is 13.9. The molecule has 0 spiro atoms. The van der Waals surface area contributed by atoms with Gasteiger partial charge in [0.15, 0.2) is 5.43 Å². The van der Waals surface area contributed by atoms with E-state index in [0.29, 0.717) is 16.5 Å². The Hall–Kier alpha value is -4.46. The minimum atomic E-state index is -2.58. The fraction of sp³-hybridized carbons (Fsp3) is 0.0294. The molecule has 1 atom stereocenters. The number of nitrogens with zero attached hydrogens (tertiary/aromatic N) is 1. The van der Waals surface area contributed by atoms with Gasteiger partial charge in [0, 0.05) is 15.9 Å². The average Bonchev–Trinajstić information content (AvgIpc) is 3.00. The van der Waals surface area contributed by atoms with Crippen LogP contribution in [0.3, 0.4) is 0 Å². The van der Waals surface area contributed by atoms with Crippen LogP contribution in [0.5, 0.6) is 0 Å². The number of hydrogen-bond acceptors (Lipinski definition) is 3. The third kappa shape index (κ3) is 4.32. The highest BCUT2D eigenvalue weighted by Crippen LogP contribution is 2.50. The van der Waals surface area contributed by atoms with Crippen molar-refractivity contribution in [3.05, 3.63) is 173 Å². The van der Waals surface area contributed by atoms with Gasteiger partial charge in [-0.1, -0.05) is 133 Å². The zero-order chi connectivity index (χ0) is 25.8. The van der Waals surface area contributed by atoms with Crippen molar-refractivity contribution < 1.29 is 4.42 Å². The van der Waals surface area contributed by atoms with Crippen LogP contribution >= 0.6 is 7.05 Å². The van der Waals surface area contributed by atoms with E-state index in [0.717, 1.165) is 21.5 Å². The molecule has 0 aliphatic carbocycles. The Balaban J connectivity index is 1.76. The van der Waals surface area contributed by atoms with E-state index in [1.54, 1.807) is 6.26 Å². The summed E-state index contributed by atoms with van der Waals surface area (Å²) in [6, 6.07) is 48.3. The maximum absolute atomic E-state index is 13.9. The summed E-state index contributed by atoms with van der Waals surface area (Å²) in [6.45, 7) is 0. The molecule has 0 radical (unpaired) electrons. The fourth-order valence-corrected chi connectivity index (χ4v) is 8.69. The van der Waals surface area contributed by atoms with E-state index in [1.807, 2.05) is 72.8 Å². The molecule has 6 rings (SSSR count). The molecule has 0 aliphatic heterocycles. The molecule has 0 saturated carbocycles. The molecule has 5 aromatic carbocycles. The van der Waals surface area contributed by atoms with Crippen LogP contribution in [0, 0.1) is 0 Å². The molecule has 1 unspecified atom stereocenters. The summed E-state index contributed by atoms with van der Waals surface area (Å²) in [5.74, 6) is 0. The molecule has 38 heavy (non-hydrogen) atoms. The molecule has 0 amide bonds. The minimum absolute atomic E-state index is 0.0586. The summed E-state index contributed by atoms with van der Waals surface area (Å²) in [5.41, 5.74) is 1.99. The Bertz CT molecular complexity index is 1680. The molecule has 0 N–H and O–H groups in total. The maximum Gasteiger partial charge on any atom is 0.198 e. The molecule has 6 aromatic rings. The van der Waals surface area contributed by atoms with Crippen LogP contribution in [0.4, 0.5) is 0 Å². The van der Waals surface area contributed by atoms with Crippen LogP contribution in [-0.4, -0.2) is 0 Å². The SMILES string of the molecule is O=c1c(C(N=P(c2ccccc2)(c2ccccc2)c2ccccc2)c2ccccc2)coc2ccccc12. The molecular weight excluding hydrogens is 485 g/mol. The number of fused-ring (bicyclic) bond motifs is 1. The van der Waals surface area contributed by atoms with Crippen molar-refractivity contribution in [2.24, 2.45) is 4.74 Å². The van der Waals surface area contributed by atoms with Crippen LogP contribution in [0.1, 0.15) is 17.2 Å². The van der Waals surface area contributed by atoms with Crippen molar-refractivity contribution in [3.63, 3.8) is 0 Å². The van der Waals surface area contributed by atoms with E-state index < -0.39 is 13.1 Å². The van der Waals surface area contributed by atoms with Crippen molar-refractivity contribution in [3.8, 4) is 0 Å². The lowest BCUT2D eigenvalue weighted by Gasteiger charge is -2.29. The average molecular weight is 512 g/mol. The third-order valence-corrected chi connectivity index (χ3v) is 10.5. The highest BCUT2D eigenvalue weighted by molar-refractivity contribution is 7.87. The summed E-state index contributed by atoms with van der Waals surface area (Å²) in [7, 11) is -2.58. The fourth-order valence-electron chi connectivity index (χ4n) is 4.98. The normalized spacial score (nSPS) is 12.2.